The molecule has 0 aliphatic carbocycles. The summed E-state index contributed by atoms with van der Waals surface area (Å²) in [7, 11) is 0. The molecule has 0 bridgehead atoms. The number of rotatable bonds is 2. The third-order valence-corrected chi connectivity index (χ3v) is 2.41. The molecule has 0 amide bonds. The highest BCUT2D eigenvalue weighted by Crippen LogP contribution is 2.18. The van der Waals surface area contributed by atoms with Crippen molar-refractivity contribution in [3.8, 4) is 0 Å². The minimum absolute atomic E-state index is 0.131. The van der Waals surface area contributed by atoms with Crippen LogP contribution >= 0.6 is 27.7 Å². The lowest BCUT2D eigenvalue weighted by atomic mass is 10.2. The number of hydrogen-bond donors (Lipinski definition) is 0. The molecule has 0 N–H and O–H groups in total. The van der Waals surface area contributed by atoms with Crippen molar-refractivity contribution in [2.45, 2.75) is 19.6 Å². The van der Waals surface area contributed by atoms with E-state index in [2.05, 4.69) is 15.9 Å². The molecular weight excluding hydrogens is 251 g/mol. The van der Waals surface area contributed by atoms with E-state index in [1.165, 1.54) is 6.07 Å². The van der Waals surface area contributed by atoms with Crippen LogP contribution in [0.5, 0.6) is 0 Å². The Morgan fingerprint density at radius 3 is 2.46 bits per heavy atom. The maximum Gasteiger partial charge on any atom is 0.128 e. The van der Waals surface area contributed by atoms with Crippen molar-refractivity contribution < 1.29 is 4.39 Å². The van der Waals surface area contributed by atoms with Gasteiger partial charge in [-0.1, -0.05) is 35.8 Å². The smallest absolute Gasteiger partial charge is 0.128 e. The first kappa shape index (κ1) is 13.0. The summed E-state index contributed by atoms with van der Waals surface area (Å²) in [5.74, 6) is 0.604. The fourth-order valence-electron chi connectivity index (χ4n) is 0.794. The molecule has 13 heavy (non-hydrogen) atoms. The SMILES string of the molecule is CC.CSCc1ccc(Br)cc1F. The van der Waals surface area contributed by atoms with Crippen LogP contribution in [0.4, 0.5) is 4.39 Å². The van der Waals surface area contributed by atoms with Crippen LogP contribution in [-0.4, -0.2) is 6.26 Å². The van der Waals surface area contributed by atoms with Gasteiger partial charge in [-0.15, -0.1) is 0 Å². The Bertz CT molecular complexity index is 251. The molecule has 0 saturated carbocycles. The van der Waals surface area contributed by atoms with Gasteiger partial charge >= 0.3 is 0 Å². The van der Waals surface area contributed by atoms with E-state index in [0.717, 1.165) is 15.8 Å². The summed E-state index contributed by atoms with van der Waals surface area (Å²) < 4.78 is 13.8. The summed E-state index contributed by atoms with van der Waals surface area (Å²) in [6.45, 7) is 4.00. The second-order valence-corrected chi connectivity index (χ2v) is 3.95. The van der Waals surface area contributed by atoms with Gasteiger partial charge in [0.15, 0.2) is 0 Å². The van der Waals surface area contributed by atoms with Crippen molar-refractivity contribution >= 4 is 27.7 Å². The second-order valence-electron chi connectivity index (χ2n) is 2.17. The number of benzene rings is 1. The van der Waals surface area contributed by atoms with Gasteiger partial charge in [0.1, 0.15) is 5.82 Å². The molecule has 0 fully saturated rings. The van der Waals surface area contributed by atoms with E-state index in [0.29, 0.717) is 0 Å². The zero-order valence-electron chi connectivity index (χ0n) is 8.10. The van der Waals surface area contributed by atoms with E-state index < -0.39 is 0 Å². The van der Waals surface area contributed by atoms with Crippen LogP contribution in [0.25, 0.3) is 0 Å². The molecule has 0 heterocycles. The molecule has 1 aromatic carbocycles. The molecule has 3 heteroatoms. The standard InChI is InChI=1S/C8H8BrFS.C2H6/c1-11-5-6-2-3-7(9)4-8(6)10;1-2/h2-4H,5H2,1H3;1-2H3. The van der Waals surface area contributed by atoms with E-state index in [-0.39, 0.29) is 5.82 Å². The Labute approximate surface area is 92.1 Å². The van der Waals surface area contributed by atoms with Crippen molar-refractivity contribution in [1.29, 1.82) is 0 Å². The molecule has 0 radical (unpaired) electrons. The highest BCUT2D eigenvalue weighted by Gasteiger charge is 2.00. The van der Waals surface area contributed by atoms with Crippen molar-refractivity contribution in [2.75, 3.05) is 6.26 Å². The predicted octanol–water partition coefficient (Wildman–Crippen LogP) is 4.48. The maximum atomic E-state index is 13.0. The van der Waals surface area contributed by atoms with Crippen LogP contribution in [0.1, 0.15) is 19.4 Å². The van der Waals surface area contributed by atoms with Crippen LogP contribution in [0.3, 0.4) is 0 Å². The second kappa shape index (κ2) is 7.39. The predicted molar refractivity (Wildman–Crippen MR) is 62.7 cm³/mol. The van der Waals surface area contributed by atoms with E-state index in [4.69, 9.17) is 0 Å². The van der Waals surface area contributed by atoms with Crippen LogP contribution in [-0.2, 0) is 5.75 Å². The summed E-state index contributed by atoms with van der Waals surface area (Å²) in [5.41, 5.74) is 0.765. The molecule has 74 valence electrons. The molecule has 1 rings (SSSR count). The van der Waals surface area contributed by atoms with Crippen LogP contribution in [0.15, 0.2) is 22.7 Å². The van der Waals surface area contributed by atoms with E-state index in [1.54, 1.807) is 17.8 Å². The summed E-state index contributed by atoms with van der Waals surface area (Å²) >= 11 is 4.82. The topological polar surface area (TPSA) is 0 Å². The Morgan fingerprint density at radius 1 is 1.38 bits per heavy atom. The summed E-state index contributed by atoms with van der Waals surface area (Å²) in [6.07, 6.45) is 1.96. The molecule has 0 nitrogen and oxygen atoms in total. The van der Waals surface area contributed by atoms with E-state index in [1.807, 2.05) is 26.2 Å². The van der Waals surface area contributed by atoms with Crippen LogP contribution in [0.2, 0.25) is 0 Å². The number of hydrogen-bond acceptors (Lipinski definition) is 1. The monoisotopic (exact) mass is 264 g/mol. The molecule has 0 saturated heterocycles. The third-order valence-electron chi connectivity index (χ3n) is 1.31. The van der Waals surface area contributed by atoms with Gasteiger partial charge in [-0.2, -0.15) is 11.8 Å². The minimum atomic E-state index is -0.131. The lowest BCUT2D eigenvalue weighted by Crippen LogP contribution is -1.85. The van der Waals surface area contributed by atoms with Crippen LogP contribution < -0.4 is 0 Å². The fourth-order valence-corrected chi connectivity index (χ4v) is 1.67. The van der Waals surface area contributed by atoms with Crippen LogP contribution in [0, 0.1) is 5.82 Å². The van der Waals surface area contributed by atoms with E-state index >= 15 is 0 Å². The molecule has 0 aliphatic rings. The van der Waals surface area contributed by atoms with Crippen molar-refractivity contribution in [1.82, 2.24) is 0 Å². The Morgan fingerprint density at radius 2 is 2.00 bits per heavy atom. The first-order valence-electron chi connectivity index (χ1n) is 4.17. The Balaban J connectivity index is 0.000000671. The summed E-state index contributed by atoms with van der Waals surface area (Å²) in [5, 5.41) is 0. The average Bonchev–Trinajstić information content (AvgIpc) is 2.14. The van der Waals surface area contributed by atoms with Gasteiger partial charge in [0, 0.05) is 10.2 Å². The molecule has 0 spiro atoms. The fraction of sp³-hybridized carbons (Fsp3) is 0.400. The quantitative estimate of drug-likeness (QED) is 0.759. The molecule has 0 aliphatic heterocycles. The molecule has 0 aromatic heterocycles. The lowest BCUT2D eigenvalue weighted by molar-refractivity contribution is 0.616. The average molecular weight is 265 g/mol. The Kier molecular flexibility index (Phi) is 7.38. The molecule has 1 aromatic rings. The molecular formula is C10H14BrFS. The summed E-state index contributed by atoms with van der Waals surface area (Å²) in [6, 6.07) is 5.15. The van der Waals surface area contributed by atoms with Gasteiger partial charge in [0.05, 0.1) is 0 Å². The summed E-state index contributed by atoms with van der Waals surface area (Å²) in [4.78, 5) is 0. The largest absolute Gasteiger partial charge is 0.207 e. The zero-order chi connectivity index (χ0) is 10.3. The molecule has 0 atom stereocenters. The first-order valence-corrected chi connectivity index (χ1v) is 6.35. The van der Waals surface area contributed by atoms with Gasteiger partial charge in [0.25, 0.3) is 0 Å². The van der Waals surface area contributed by atoms with Gasteiger partial charge < -0.3 is 0 Å². The number of thioether (sulfide) groups is 1. The Hall–Kier alpha value is -0.0200. The van der Waals surface area contributed by atoms with Gasteiger partial charge in [-0.05, 0) is 24.0 Å². The van der Waals surface area contributed by atoms with Gasteiger partial charge in [-0.3, -0.25) is 0 Å². The van der Waals surface area contributed by atoms with Crippen molar-refractivity contribution in [2.24, 2.45) is 0 Å². The normalized spacial score (nSPS) is 9.00. The maximum absolute atomic E-state index is 13.0. The first-order chi connectivity index (χ1) is 6.24. The van der Waals surface area contributed by atoms with Gasteiger partial charge in [-0.25, -0.2) is 4.39 Å². The third kappa shape index (κ3) is 4.67. The van der Waals surface area contributed by atoms with E-state index in [9.17, 15) is 4.39 Å². The highest BCUT2D eigenvalue weighted by atomic mass is 79.9. The zero-order valence-corrected chi connectivity index (χ0v) is 10.5. The highest BCUT2D eigenvalue weighted by molar-refractivity contribution is 9.10. The lowest BCUT2D eigenvalue weighted by Gasteiger charge is -1.99. The molecule has 0 unspecified atom stereocenters. The minimum Gasteiger partial charge on any atom is -0.207 e. The van der Waals surface area contributed by atoms with Gasteiger partial charge in [0.2, 0.25) is 0 Å². The number of halogens is 2. The van der Waals surface area contributed by atoms with Crippen molar-refractivity contribution in [3.63, 3.8) is 0 Å². The van der Waals surface area contributed by atoms with Crippen molar-refractivity contribution in [3.05, 3.63) is 34.1 Å².